The molecule has 1 aliphatic rings. The summed E-state index contributed by atoms with van der Waals surface area (Å²) in [6, 6.07) is 14.9. The number of benzene rings is 2. The SMILES string of the molecule is Cc1ccc(NC(=O)C(C)n2c(-c3cccc(C)c3)nc3sc4c(c3c2=O)CCCC4)cc1. The number of hydrogen-bond donors (Lipinski definition) is 1. The van der Waals surface area contributed by atoms with Crippen LogP contribution < -0.4 is 10.9 Å². The number of nitrogens with one attached hydrogen (secondary N) is 1. The maximum atomic E-state index is 13.9. The summed E-state index contributed by atoms with van der Waals surface area (Å²) in [5, 5.41) is 3.66. The van der Waals surface area contributed by atoms with E-state index in [4.69, 9.17) is 4.98 Å². The van der Waals surface area contributed by atoms with Crippen LogP contribution in [-0.2, 0) is 17.6 Å². The molecule has 1 atom stereocenters. The van der Waals surface area contributed by atoms with E-state index in [2.05, 4.69) is 5.32 Å². The Labute approximate surface area is 197 Å². The molecule has 2 aromatic carbocycles. The van der Waals surface area contributed by atoms with Gasteiger partial charge >= 0.3 is 0 Å². The molecule has 1 N–H and O–H groups in total. The van der Waals surface area contributed by atoms with Crippen molar-refractivity contribution in [2.45, 2.75) is 52.5 Å². The minimum atomic E-state index is -0.717. The molecule has 0 saturated carbocycles. The van der Waals surface area contributed by atoms with Gasteiger partial charge in [0.25, 0.3) is 5.56 Å². The molecular formula is C27H27N3O2S. The summed E-state index contributed by atoms with van der Waals surface area (Å²) >= 11 is 1.63. The highest BCUT2D eigenvalue weighted by atomic mass is 32.1. The van der Waals surface area contributed by atoms with Crippen LogP contribution in [0.15, 0.2) is 53.3 Å². The molecule has 33 heavy (non-hydrogen) atoms. The molecule has 5 nitrogen and oxygen atoms in total. The van der Waals surface area contributed by atoms with Gasteiger partial charge in [0.05, 0.1) is 5.39 Å². The molecule has 1 aliphatic carbocycles. The number of carbonyl (C=O) groups is 1. The number of carbonyl (C=O) groups excluding carboxylic acids is 1. The van der Waals surface area contributed by atoms with Gasteiger partial charge in [-0.2, -0.15) is 0 Å². The molecule has 2 heterocycles. The van der Waals surface area contributed by atoms with Gasteiger partial charge in [-0.1, -0.05) is 41.5 Å². The van der Waals surface area contributed by atoms with Crippen LogP contribution in [0.3, 0.4) is 0 Å². The average Bonchev–Trinajstić information content (AvgIpc) is 3.19. The molecule has 0 bridgehead atoms. The van der Waals surface area contributed by atoms with E-state index in [1.807, 2.05) is 62.4 Å². The standard InChI is InChI=1S/C27H27N3O2S/c1-16-11-13-20(14-12-16)28-25(31)18(3)30-24(19-8-6-7-17(2)15-19)29-26-23(27(30)32)21-9-4-5-10-22(21)33-26/h6-8,11-15,18H,4-5,9-10H2,1-3H3,(H,28,31). The molecule has 1 amide bonds. The summed E-state index contributed by atoms with van der Waals surface area (Å²) in [6.07, 6.45) is 4.13. The van der Waals surface area contributed by atoms with E-state index < -0.39 is 6.04 Å². The molecular weight excluding hydrogens is 430 g/mol. The number of aromatic nitrogens is 2. The van der Waals surface area contributed by atoms with Crippen molar-refractivity contribution >= 4 is 33.1 Å². The molecule has 6 heteroatoms. The maximum Gasteiger partial charge on any atom is 0.263 e. The highest BCUT2D eigenvalue weighted by Crippen LogP contribution is 2.35. The van der Waals surface area contributed by atoms with Crippen LogP contribution in [0.4, 0.5) is 5.69 Å². The smallest absolute Gasteiger partial charge is 0.263 e. The van der Waals surface area contributed by atoms with Gasteiger partial charge in [0, 0.05) is 16.1 Å². The van der Waals surface area contributed by atoms with E-state index in [-0.39, 0.29) is 11.5 Å². The topological polar surface area (TPSA) is 64.0 Å². The number of hydrogen-bond acceptors (Lipinski definition) is 4. The van der Waals surface area contributed by atoms with Crippen LogP contribution >= 0.6 is 11.3 Å². The van der Waals surface area contributed by atoms with Gasteiger partial charge < -0.3 is 5.32 Å². The lowest BCUT2D eigenvalue weighted by Gasteiger charge is -2.20. The van der Waals surface area contributed by atoms with Crippen molar-refractivity contribution in [3.05, 3.63) is 80.5 Å². The van der Waals surface area contributed by atoms with Gasteiger partial charge in [0.15, 0.2) is 0 Å². The molecule has 0 aliphatic heterocycles. The maximum absolute atomic E-state index is 13.9. The first-order chi connectivity index (χ1) is 15.9. The van der Waals surface area contributed by atoms with Crippen molar-refractivity contribution in [2.24, 2.45) is 0 Å². The molecule has 0 spiro atoms. The van der Waals surface area contributed by atoms with Gasteiger partial charge in [-0.3, -0.25) is 14.2 Å². The highest BCUT2D eigenvalue weighted by molar-refractivity contribution is 7.18. The second kappa shape index (κ2) is 8.60. The average molecular weight is 458 g/mol. The Kier molecular flexibility index (Phi) is 5.62. The normalized spacial score (nSPS) is 14.2. The quantitative estimate of drug-likeness (QED) is 0.420. The molecule has 0 radical (unpaired) electrons. The number of rotatable bonds is 4. The van der Waals surface area contributed by atoms with Gasteiger partial charge in [-0.25, -0.2) is 4.98 Å². The Hall–Kier alpha value is -3.25. The third kappa shape index (κ3) is 4.00. The van der Waals surface area contributed by atoms with Crippen molar-refractivity contribution in [3.63, 3.8) is 0 Å². The molecule has 168 valence electrons. The second-order valence-corrected chi connectivity index (χ2v) is 9.99. The minimum Gasteiger partial charge on any atom is -0.324 e. The molecule has 2 aromatic heterocycles. The number of nitrogens with zero attached hydrogens (tertiary/aromatic N) is 2. The minimum absolute atomic E-state index is 0.123. The third-order valence-corrected chi connectivity index (χ3v) is 7.57. The summed E-state index contributed by atoms with van der Waals surface area (Å²) in [4.78, 5) is 34.2. The number of aryl methyl sites for hydroxylation is 4. The van der Waals surface area contributed by atoms with Crippen LogP contribution in [0.25, 0.3) is 21.6 Å². The molecule has 1 unspecified atom stereocenters. The lowest BCUT2D eigenvalue weighted by Crippen LogP contribution is -2.33. The van der Waals surface area contributed by atoms with Crippen molar-refractivity contribution in [1.82, 2.24) is 9.55 Å². The number of fused-ring (bicyclic) bond motifs is 3. The fraction of sp³-hybridized carbons (Fsp3) is 0.296. The number of thiophene rings is 1. The molecule has 5 rings (SSSR count). The fourth-order valence-electron chi connectivity index (χ4n) is 4.57. The van der Waals surface area contributed by atoms with Crippen molar-refractivity contribution < 1.29 is 4.79 Å². The van der Waals surface area contributed by atoms with Gasteiger partial charge in [-0.15, -0.1) is 11.3 Å². The van der Waals surface area contributed by atoms with Crippen LogP contribution in [0.5, 0.6) is 0 Å². The summed E-state index contributed by atoms with van der Waals surface area (Å²) < 4.78 is 1.59. The zero-order valence-electron chi connectivity index (χ0n) is 19.1. The Morgan fingerprint density at radius 3 is 2.58 bits per heavy atom. The summed E-state index contributed by atoms with van der Waals surface area (Å²) in [6.45, 7) is 5.79. The van der Waals surface area contributed by atoms with Crippen LogP contribution in [-0.4, -0.2) is 15.5 Å². The Balaban J connectivity index is 1.67. The first kappa shape index (κ1) is 21.6. The van der Waals surface area contributed by atoms with E-state index in [1.165, 1.54) is 4.88 Å². The Morgan fingerprint density at radius 2 is 1.82 bits per heavy atom. The Bertz CT molecular complexity index is 1420. The summed E-state index contributed by atoms with van der Waals surface area (Å²) in [5.74, 6) is 0.307. The first-order valence-corrected chi connectivity index (χ1v) is 12.3. The highest BCUT2D eigenvalue weighted by Gasteiger charge is 2.27. The van der Waals surface area contributed by atoms with E-state index in [0.717, 1.165) is 52.8 Å². The number of amides is 1. The van der Waals surface area contributed by atoms with E-state index >= 15 is 0 Å². The summed E-state index contributed by atoms with van der Waals surface area (Å²) in [7, 11) is 0. The predicted molar refractivity (Wildman–Crippen MR) is 135 cm³/mol. The van der Waals surface area contributed by atoms with Gasteiger partial charge in [-0.05, 0) is 70.2 Å². The van der Waals surface area contributed by atoms with Gasteiger partial charge in [0.1, 0.15) is 16.7 Å². The van der Waals surface area contributed by atoms with E-state index in [1.54, 1.807) is 22.8 Å². The zero-order chi connectivity index (χ0) is 23.1. The molecule has 0 saturated heterocycles. The third-order valence-electron chi connectivity index (χ3n) is 6.38. The first-order valence-electron chi connectivity index (χ1n) is 11.4. The summed E-state index contributed by atoms with van der Waals surface area (Å²) in [5.41, 5.74) is 4.77. The van der Waals surface area contributed by atoms with Crippen LogP contribution in [0.1, 0.15) is 47.4 Å². The van der Waals surface area contributed by atoms with Crippen LogP contribution in [0.2, 0.25) is 0 Å². The lowest BCUT2D eigenvalue weighted by molar-refractivity contribution is -0.118. The monoisotopic (exact) mass is 457 g/mol. The lowest BCUT2D eigenvalue weighted by atomic mass is 9.97. The largest absolute Gasteiger partial charge is 0.324 e. The van der Waals surface area contributed by atoms with Gasteiger partial charge in [0.2, 0.25) is 5.91 Å². The van der Waals surface area contributed by atoms with Crippen molar-refractivity contribution in [3.8, 4) is 11.4 Å². The molecule has 4 aromatic rings. The van der Waals surface area contributed by atoms with E-state index in [0.29, 0.717) is 16.9 Å². The van der Waals surface area contributed by atoms with Crippen LogP contribution in [0, 0.1) is 13.8 Å². The second-order valence-electron chi connectivity index (χ2n) is 8.90. The van der Waals surface area contributed by atoms with Crippen molar-refractivity contribution in [1.29, 1.82) is 0 Å². The predicted octanol–water partition coefficient (Wildman–Crippen LogP) is 5.82. The zero-order valence-corrected chi connectivity index (χ0v) is 20.0. The van der Waals surface area contributed by atoms with Crippen molar-refractivity contribution in [2.75, 3.05) is 5.32 Å². The fourth-order valence-corrected chi connectivity index (χ4v) is 5.82. The van der Waals surface area contributed by atoms with E-state index in [9.17, 15) is 9.59 Å². The number of anilines is 1. The molecule has 0 fully saturated rings. The Morgan fingerprint density at radius 1 is 1.06 bits per heavy atom.